The van der Waals surface area contributed by atoms with Crippen molar-refractivity contribution in [3.05, 3.63) is 30.4 Å². The van der Waals surface area contributed by atoms with Crippen molar-refractivity contribution >= 4 is 5.97 Å². The molecule has 0 radical (unpaired) electrons. The van der Waals surface area contributed by atoms with Gasteiger partial charge >= 0.3 is 5.97 Å². The van der Waals surface area contributed by atoms with Crippen molar-refractivity contribution in [2.75, 3.05) is 13.2 Å². The van der Waals surface area contributed by atoms with E-state index in [1.807, 2.05) is 6.92 Å². The van der Waals surface area contributed by atoms with Crippen LogP contribution in [0.25, 0.3) is 11.4 Å². The average Bonchev–Trinajstić information content (AvgIpc) is 2.73. The Morgan fingerprint density at radius 2 is 1.93 bits per heavy atom. The predicted octanol–water partition coefficient (Wildman–Crippen LogP) is 3.46. The van der Waals surface area contributed by atoms with Crippen LogP contribution >= 0.6 is 0 Å². The van der Waals surface area contributed by atoms with Crippen molar-refractivity contribution in [2.45, 2.75) is 59.2 Å². The van der Waals surface area contributed by atoms with E-state index >= 15 is 0 Å². The lowest BCUT2D eigenvalue weighted by Crippen LogP contribution is -2.30. The van der Waals surface area contributed by atoms with Gasteiger partial charge in [0.05, 0.1) is 11.7 Å². The van der Waals surface area contributed by atoms with Crippen molar-refractivity contribution in [3.8, 4) is 22.9 Å². The van der Waals surface area contributed by atoms with E-state index in [1.165, 1.54) is 12.7 Å². The smallest absolute Gasteiger partial charge is 0.347 e. The molecule has 0 aliphatic carbocycles. The van der Waals surface area contributed by atoms with Gasteiger partial charge in [-0.05, 0) is 39.3 Å². The van der Waals surface area contributed by atoms with Crippen LogP contribution in [0.1, 0.15) is 45.6 Å². The largest absolute Gasteiger partial charge is 0.507 e. The Kier molecular flexibility index (Phi) is 8.79. The van der Waals surface area contributed by atoms with E-state index in [0.717, 1.165) is 19.3 Å². The van der Waals surface area contributed by atoms with Crippen LogP contribution in [0.3, 0.4) is 0 Å². The highest BCUT2D eigenvalue weighted by atomic mass is 16.6. The van der Waals surface area contributed by atoms with Gasteiger partial charge in [0, 0.05) is 12.2 Å². The Balaban J connectivity index is 1.99. The minimum absolute atomic E-state index is 0.00903. The van der Waals surface area contributed by atoms with Gasteiger partial charge in [-0.1, -0.05) is 19.8 Å². The van der Waals surface area contributed by atoms with Gasteiger partial charge in [0.1, 0.15) is 30.8 Å². The zero-order valence-electron chi connectivity index (χ0n) is 17.4. The molecule has 0 saturated carbocycles. The van der Waals surface area contributed by atoms with E-state index < -0.39 is 12.1 Å². The van der Waals surface area contributed by atoms with Crippen LogP contribution in [0.2, 0.25) is 0 Å². The van der Waals surface area contributed by atoms with Crippen LogP contribution in [0.15, 0.2) is 24.8 Å². The fourth-order valence-corrected chi connectivity index (χ4v) is 2.78. The summed E-state index contributed by atoms with van der Waals surface area (Å²) in [6, 6.07) is 3.31. The number of carbonyl (C=O) groups excluding carboxylic acids is 1. The van der Waals surface area contributed by atoms with E-state index in [4.69, 9.17) is 14.2 Å². The summed E-state index contributed by atoms with van der Waals surface area (Å²) in [6.45, 7) is 8.10. The number of aromatic hydroxyl groups is 1. The first-order valence-electron chi connectivity index (χ1n) is 9.87. The number of nitrogens with zero attached hydrogens (tertiary/aromatic N) is 3. The topological polar surface area (TPSA) is 104 Å². The summed E-state index contributed by atoms with van der Waals surface area (Å²) < 4.78 is 16.7. The standard InChI is InChI=1S/C21H29N3O5/c1-5-7-8-16(27-6-2)11-28-21(26)15(4)29-18-10-9-17(19(25)14(18)3)20-23-12-22-13-24-20/h9-10,12-13,15-16,25H,5-8,11H2,1-4H3. The second-order valence-electron chi connectivity index (χ2n) is 6.66. The molecule has 0 saturated heterocycles. The number of unbranched alkanes of at least 4 members (excludes halogenated alkanes) is 1. The molecule has 8 heteroatoms. The number of phenolic OH excluding ortho intramolecular Hbond substituents is 1. The van der Waals surface area contributed by atoms with Crippen molar-refractivity contribution in [1.29, 1.82) is 0 Å². The first-order valence-corrected chi connectivity index (χ1v) is 9.87. The molecule has 0 fully saturated rings. The summed E-state index contributed by atoms with van der Waals surface area (Å²) in [5.74, 6) is 0.252. The molecule has 29 heavy (non-hydrogen) atoms. The van der Waals surface area contributed by atoms with Crippen LogP contribution in [-0.2, 0) is 14.3 Å². The van der Waals surface area contributed by atoms with Gasteiger partial charge in [-0.3, -0.25) is 0 Å². The third kappa shape index (κ3) is 6.39. The minimum atomic E-state index is -0.829. The van der Waals surface area contributed by atoms with Crippen LogP contribution in [0, 0.1) is 6.92 Å². The van der Waals surface area contributed by atoms with Crippen LogP contribution in [0.4, 0.5) is 0 Å². The molecule has 2 unspecified atom stereocenters. The zero-order valence-corrected chi connectivity index (χ0v) is 17.4. The fourth-order valence-electron chi connectivity index (χ4n) is 2.78. The van der Waals surface area contributed by atoms with Gasteiger partial charge in [-0.2, -0.15) is 0 Å². The van der Waals surface area contributed by atoms with Gasteiger partial charge in [0.15, 0.2) is 11.9 Å². The lowest BCUT2D eigenvalue weighted by molar-refractivity contribution is -0.155. The maximum atomic E-state index is 12.3. The monoisotopic (exact) mass is 403 g/mol. The molecule has 158 valence electrons. The lowest BCUT2D eigenvalue weighted by Gasteiger charge is -2.20. The number of rotatable bonds is 11. The molecule has 1 N–H and O–H groups in total. The first-order chi connectivity index (χ1) is 14.0. The molecule has 0 bridgehead atoms. The Morgan fingerprint density at radius 3 is 2.59 bits per heavy atom. The number of ether oxygens (including phenoxy) is 3. The highest BCUT2D eigenvalue weighted by Crippen LogP contribution is 2.35. The minimum Gasteiger partial charge on any atom is -0.507 e. The highest BCUT2D eigenvalue weighted by molar-refractivity contribution is 5.75. The molecule has 2 aromatic rings. The third-order valence-electron chi connectivity index (χ3n) is 4.44. The van der Waals surface area contributed by atoms with Crippen LogP contribution in [-0.4, -0.2) is 51.4 Å². The summed E-state index contributed by atoms with van der Waals surface area (Å²) in [5.41, 5.74) is 0.945. The second-order valence-corrected chi connectivity index (χ2v) is 6.66. The SMILES string of the molecule is CCCCC(COC(=O)C(C)Oc1ccc(-c2ncncn2)c(O)c1C)OCC. The average molecular weight is 403 g/mol. The van der Waals surface area contributed by atoms with Crippen molar-refractivity contribution in [3.63, 3.8) is 0 Å². The molecule has 1 aromatic heterocycles. The van der Waals surface area contributed by atoms with E-state index in [-0.39, 0.29) is 18.5 Å². The molecule has 2 atom stereocenters. The van der Waals surface area contributed by atoms with Gasteiger partial charge in [0.2, 0.25) is 0 Å². The fraction of sp³-hybridized carbons (Fsp3) is 0.524. The van der Waals surface area contributed by atoms with Gasteiger partial charge in [-0.25, -0.2) is 19.7 Å². The van der Waals surface area contributed by atoms with E-state index in [1.54, 1.807) is 26.0 Å². The van der Waals surface area contributed by atoms with Gasteiger partial charge in [-0.15, -0.1) is 0 Å². The normalized spacial score (nSPS) is 13.0. The van der Waals surface area contributed by atoms with Crippen molar-refractivity contribution in [1.82, 2.24) is 15.0 Å². The number of esters is 1. The van der Waals surface area contributed by atoms with Gasteiger partial charge < -0.3 is 19.3 Å². The number of aromatic nitrogens is 3. The third-order valence-corrected chi connectivity index (χ3v) is 4.44. The second kappa shape index (κ2) is 11.3. The predicted molar refractivity (Wildman–Crippen MR) is 108 cm³/mol. The Morgan fingerprint density at radius 1 is 1.21 bits per heavy atom. The molecule has 2 rings (SSSR count). The maximum absolute atomic E-state index is 12.3. The molecule has 8 nitrogen and oxygen atoms in total. The molecule has 0 amide bonds. The number of phenols is 1. The first kappa shape index (κ1) is 22.5. The lowest BCUT2D eigenvalue weighted by atomic mass is 10.1. The van der Waals surface area contributed by atoms with Crippen LogP contribution < -0.4 is 4.74 Å². The number of hydrogen-bond acceptors (Lipinski definition) is 8. The molecule has 1 heterocycles. The maximum Gasteiger partial charge on any atom is 0.347 e. The summed E-state index contributed by atoms with van der Waals surface area (Å²) in [5, 5.41) is 10.5. The van der Waals surface area contributed by atoms with Crippen LogP contribution in [0.5, 0.6) is 11.5 Å². The Hall–Kier alpha value is -2.74. The summed E-state index contributed by atoms with van der Waals surface area (Å²) >= 11 is 0. The Labute approximate surface area is 171 Å². The Bertz CT molecular complexity index is 785. The molecular weight excluding hydrogens is 374 g/mol. The van der Waals surface area contributed by atoms with E-state index in [2.05, 4.69) is 21.9 Å². The zero-order chi connectivity index (χ0) is 21.2. The van der Waals surface area contributed by atoms with E-state index in [0.29, 0.717) is 29.3 Å². The number of benzene rings is 1. The summed E-state index contributed by atoms with van der Waals surface area (Å²) in [7, 11) is 0. The van der Waals surface area contributed by atoms with Crippen molar-refractivity contribution < 1.29 is 24.1 Å². The molecule has 0 aliphatic rings. The quantitative estimate of drug-likeness (QED) is 0.569. The molecule has 0 aliphatic heterocycles. The summed E-state index contributed by atoms with van der Waals surface area (Å²) in [6.07, 6.45) is 4.69. The molecular formula is C21H29N3O5. The van der Waals surface area contributed by atoms with Gasteiger partial charge in [0.25, 0.3) is 0 Å². The highest BCUT2D eigenvalue weighted by Gasteiger charge is 2.21. The number of carbonyl (C=O) groups is 1. The summed E-state index contributed by atoms with van der Waals surface area (Å²) in [4.78, 5) is 24.2. The van der Waals surface area contributed by atoms with Crippen molar-refractivity contribution in [2.24, 2.45) is 0 Å². The molecule has 0 spiro atoms. The molecule has 1 aromatic carbocycles. The number of hydrogen-bond donors (Lipinski definition) is 1. The van der Waals surface area contributed by atoms with E-state index in [9.17, 15) is 9.90 Å².